The molecule has 0 fully saturated rings. The van der Waals surface area contributed by atoms with E-state index in [9.17, 15) is 0 Å². The average Bonchev–Trinajstić information content (AvgIpc) is 1.85. The first-order valence-electron chi connectivity index (χ1n) is 3.45. The van der Waals surface area contributed by atoms with Crippen LogP contribution in [0.5, 0.6) is 5.75 Å². The molecular formula is C8H10BrNOPd. The van der Waals surface area contributed by atoms with Gasteiger partial charge in [0.25, 0.3) is 0 Å². The molecule has 0 aliphatic carbocycles. The van der Waals surface area contributed by atoms with Gasteiger partial charge in [0.2, 0.25) is 0 Å². The molecule has 2 nitrogen and oxygen atoms in total. The number of rotatable bonds is 2. The van der Waals surface area contributed by atoms with E-state index in [0.29, 0.717) is 0 Å². The largest absolute Gasteiger partial charge is 0.489 e. The number of pyridine rings is 1. The van der Waals surface area contributed by atoms with Gasteiger partial charge in [-0.05, 0) is 35.8 Å². The maximum atomic E-state index is 5.40. The van der Waals surface area contributed by atoms with E-state index in [1.54, 1.807) is 12.4 Å². The van der Waals surface area contributed by atoms with Gasteiger partial charge >= 0.3 is 0 Å². The van der Waals surface area contributed by atoms with Crippen molar-refractivity contribution in [2.75, 3.05) is 0 Å². The molecule has 70 valence electrons. The molecule has 0 saturated carbocycles. The summed E-state index contributed by atoms with van der Waals surface area (Å²) in [6, 6.07) is 1.90. The zero-order valence-electron chi connectivity index (χ0n) is 6.86. The Hall–Kier alpha value is 0.0923. The van der Waals surface area contributed by atoms with E-state index in [2.05, 4.69) is 20.9 Å². The molecule has 1 aromatic heterocycles. The Morgan fingerprint density at radius 2 is 2.08 bits per heavy atom. The summed E-state index contributed by atoms with van der Waals surface area (Å²) in [4.78, 5) is 3.97. The van der Waals surface area contributed by atoms with Crippen molar-refractivity contribution < 1.29 is 25.2 Å². The van der Waals surface area contributed by atoms with Crippen molar-refractivity contribution in [3.63, 3.8) is 0 Å². The van der Waals surface area contributed by atoms with Crippen LogP contribution in [0.4, 0.5) is 0 Å². The maximum Gasteiger partial charge on any atom is 0.139 e. The first-order valence-corrected chi connectivity index (χ1v) is 4.25. The van der Waals surface area contributed by atoms with Crippen LogP contribution in [0.3, 0.4) is 0 Å². The van der Waals surface area contributed by atoms with Gasteiger partial charge in [0.15, 0.2) is 0 Å². The van der Waals surface area contributed by atoms with E-state index >= 15 is 0 Å². The van der Waals surface area contributed by atoms with Gasteiger partial charge in [-0.15, -0.1) is 0 Å². The molecule has 0 spiro atoms. The van der Waals surface area contributed by atoms with Crippen molar-refractivity contribution in [3.05, 3.63) is 22.9 Å². The number of halogens is 1. The third-order valence-electron chi connectivity index (χ3n) is 1.05. The molecular weight excluding hydrogens is 312 g/mol. The van der Waals surface area contributed by atoms with Crippen LogP contribution >= 0.6 is 15.9 Å². The average molecular weight is 322 g/mol. The molecule has 1 rings (SSSR count). The van der Waals surface area contributed by atoms with Gasteiger partial charge in [-0.2, -0.15) is 0 Å². The second-order valence-corrected chi connectivity index (χ2v) is 3.42. The van der Waals surface area contributed by atoms with E-state index in [-0.39, 0.29) is 26.5 Å². The summed E-state index contributed by atoms with van der Waals surface area (Å²) in [6.45, 7) is 3.97. The van der Waals surface area contributed by atoms with Crippen LogP contribution in [-0.4, -0.2) is 11.1 Å². The second-order valence-electron chi connectivity index (χ2n) is 2.51. The van der Waals surface area contributed by atoms with Crippen molar-refractivity contribution in [2.24, 2.45) is 0 Å². The molecule has 0 saturated heterocycles. The third-order valence-corrected chi connectivity index (χ3v) is 1.49. The number of aromatic nitrogens is 1. The molecule has 1 aromatic rings. The van der Waals surface area contributed by atoms with Gasteiger partial charge < -0.3 is 4.74 Å². The number of hydrogen-bond acceptors (Lipinski definition) is 2. The summed E-state index contributed by atoms with van der Waals surface area (Å²) in [5.74, 6) is 0.800. The van der Waals surface area contributed by atoms with Crippen LogP contribution in [-0.2, 0) is 20.4 Å². The normalized spacial score (nSPS) is 9.33. The Morgan fingerprint density at radius 1 is 1.42 bits per heavy atom. The van der Waals surface area contributed by atoms with Crippen molar-refractivity contribution in [1.82, 2.24) is 4.98 Å². The number of hydrogen-bond donors (Lipinski definition) is 0. The molecule has 0 radical (unpaired) electrons. The van der Waals surface area contributed by atoms with Gasteiger partial charge in [-0.25, -0.2) is 0 Å². The summed E-state index contributed by atoms with van der Waals surface area (Å²) < 4.78 is 6.34. The molecule has 0 aromatic carbocycles. The van der Waals surface area contributed by atoms with Crippen LogP contribution in [0.1, 0.15) is 13.8 Å². The van der Waals surface area contributed by atoms with Crippen molar-refractivity contribution in [3.8, 4) is 5.75 Å². The SMILES string of the molecule is CC(C)Oc1cncc(Br)c1.[Pd]. The van der Waals surface area contributed by atoms with E-state index in [0.717, 1.165) is 10.2 Å². The predicted molar refractivity (Wildman–Crippen MR) is 47.7 cm³/mol. The molecule has 1 heterocycles. The fourth-order valence-corrected chi connectivity index (χ4v) is 1.07. The topological polar surface area (TPSA) is 22.1 Å². The van der Waals surface area contributed by atoms with Gasteiger partial charge in [-0.3, -0.25) is 4.98 Å². The zero-order chi connectivity index (χ0) is 8.27. The summed E-state index contributed by atoms with van der Waals surface area (Å²) in [5.41, 5.74) is 0. The monoisotopic (exact) mass is 321 g/mol. The summed E-state index contributed by atoms with van der Waals surface area (Å²) in [5, 5.41) is 0. The quantitative estimate of drug-likeness (QED) is 0.781. The fraction of sp³-hybridized carbons (Fsp3) is 0.375. The zero-order valence-corrected chi connectivity index (χ0v) is 10.00. The van der Waals surface area contributed by atoms with Crippen molar-refractivity contribution in [2.45, 2.75) is 20.0 Å². The van der Waals surface area contributed by atoms with E-state index < -0.39 is 0 Å². The van der Waals surface area contributed by atoms with Crippen LogP contribution < -0.4 is 4.74 Å². The molecule has 0 unspecified atom stereocenters. The van der Waals surface area contributed by atoms with Crippen molar-refractivity contribution >= 4 is 15.9 Å². The molecule has 0 N–H and O–H groups in total. The Morgan fingerprint density at radius 3 is 2.58 bits per heavy atom. The maximum absolute atomic E-state index is 5.40. The van der Waals surface area contributed by atoms with E-state index in [4.69, 9.17) is 4.74 Å². The van der Waals surface area contributed by atoms with Crippen LogP contribution in [0.25, 0.3) is 0 Å². The molecule has 0 amide bonds. The molecule has 0 aliphatic rings. The first-order chi connectivity index (χ1) is 5.18. The van der Waals surface area contributed by atoms with E-state index in [1.807, 2.05) is 19.9 Å². The fourth-order valence-electron chi connectivity index (χ4n) is 0.729. The van der Waals surface area contributed by atoms with Crippen LogP contribution in [0, 0.1) is 0 Å². The first kappa shape index (κ1) is 12.1. The van der Waals surface area contributed by atoms with Gasteiger partial charge in [0, 0.05) is 31.1 Å². The molecule has 0 bridgehead atoms. The van der Waals surface area contributed by atoms with Gasteiger partial charge in [-0.1, -0.05) is 0 Å². The predicted octanol–water partition coefficient (Wildman–Crippen LogP) is 2.63. The Kier molecular flexibility index (Phi) is 5.73. The smallest absolute Gasteiger partial charge is 0.139 e. The summed E-state index contributed by atoms with van der Waals surface area (Å²) >= 11 is 3.31. The minimum Gasteiger partial charge on any atom is -0.489 e. The molecule has 0 aliphatic heterocycles. The number of nitrogens with zero attached hydrogens (tertiary/aromatic N) is 1. The third kappa shape index (κ3) is 4.20. The Labute approximate surface area is 94.5 Å². The standard InChI is InChI=1S/C8H10BrNO.Pd/c1-6(2)11-8-3-7(9)4-10-5-8;/h3-6H,1-2H3;. The Bertz CT molecular complexity index is 242. The second kappa shape index (κ2) is 5.69. The minimum absolute atomic E-state index is 0. The number of ether oxygens (including phenoxy) is 1. The van der Waals surface area contributed by atoms with Gasteiger partial charge in [0.05, 0.1) is 12.3 Å². The van der Waals surface area contributed by atoms with Gasteiger partial charge in [0.1, 0.15) is 5.75 Å². The minimum atomic E-state index is 0. The molecule has 12 heavy (non-hydrogen) atoms. The van der Waals surface area contributed by atoms with Crippen molar-refractivity contribution in [1.29, 1.82) is 0 Å². The van der Waals surface area contributed by atoms with Crippen LogP contribution in [0.15, 0.2) is 22.9 Å². The van der Waals surface area contributed by atoms with E-state index in [1.165, 1.54) is 0 Å². The summed E-state index contributed by atoms with van der Waals surface area (Å²) in [6.07, 6.45) is 3.63. The Balaban J connectivity index is 0.00000121. The molecule has 4 heteroatoms. The molecule has 0 atom stereocenters. The summed E-state index contributed by atoms with van der Waals surface area (Å²) in [7, 11) is 0. The van der Waals surface area contributed by atoms with Crippen LogP contribution in [0.2, 0.25) is 0 Å².